The van der Waals surface area contributed by atoms with Crippen molar-refractivity contribution in [2.75, 3.05) is 6.54 Å². The van der Waals surface area contributed by atoms with Gasteiger partial charge in [-0.25, -0.2) is 14.6 Å². The second kappa shape index (κ2) is 6.91. The van der Waals surface area contributed by atoms with E-state index in [1.165, 1.54) is 24.2 Å². The van der Waals surface area contributed by atoms with Gasteiger partial charge in [-0.1, -0.05) is 6.08 Å². The Morgan fingerprint density at radius 1 is 0.968 bits per heavy atom. The monoisotopic (exact) mass is 425 g/mol. The minimum absolute atomic E-state index is 0.180. The first kappa shape index (κ1) is 19.5. The van der Waals surface area contributed by atoms with Gasteiger partial charge in [0.2, 0.25) is 5.91 Å². The van der Waals surface area contributed by atoms with E-state index >= 15 is 0 Å². The number of carbonyl (C=O) groups is 4. The van der Waals surface area contributed by atoms with Crippen LogP contribution in [0.2, 0.25) is 0 Å². The molecule has 5 amide bonds. The largest absolute Gasteiger partial charge is 0.335 e. The zero-order chi connectivity index (χ0) is 21.3. The molecule has 0 atom stereocenters. The molecule has 31 heavy (non-hydrogen) atoms. The molecule has 1 saturated heterocycles. The van der Waals surface area contributed by atoms with Crippen LogP contribution < -0.4 is 0 Å². The SMILES string of the molecule is O=C1C(=O)N(C23CC4CC(CC(C4)C2)C3)C(=O)N1CC(=O)N(C1=CCCCC1)C1CC1. The standard InChI is InChI=1S/C24H31N3O4/c28-20(26(19-6-7-19)18-4-2-1-3-5-18)14-25-21(29)22(30)27(23(25)31)24-11-15-8-16(12-24)10-17(9-15)13-24/h4,15-17,19H,1-3,5-14H2. The Morgan fingerprint density at radius 3 is 2.16 bits per heavy atom. The molecule has 4 bridgehead atoms. The van der Waals surface area contributed by atoms with Gasteiger partial charge in [-0.05, 0) is 94.8 Å². The van der Waals surface area contributed by atoms with Crippen LogP contribution in [0.3, 0.4) is 0 Å². The van der Waals surface area contributed by atoms with Crippen LogP contribution >= 0.6 is 0 Å². The number of allylic oxidation sites excluding steroid dienone is 2. The van der Waals surface area contributed by atoms with Gasteiger partial charge < -0.3 is 4.90 Å². The Labute approximate surface area is 182 Å². The molecule has 0 radical (unpaired) electrons. The second-order valence-corrected chi connectivity index (χ2v) is 10.9. The van der Waals surface area contributed by atoms with E-state index in [1.54, 1.807) is 0 Å². The van der Waals surface area contributed by atoms with Gasteiger partial charge in [0, 0.05) is 11.7 Å². The van der Waals surface area contributed by atoms with Crippen molar-refractivity contribution in [3.05, 3.63) is 11.8 Å². The summed E-state index contributed by atoms with van der Waals surface area (Å²) >= 11 is 0. The Bertz CT molecular complexity index is 854. The number of imide groups is 2. The van der Waals surface area contributed by atoms with Crippen molar-refractivity contribution >= 4 is 23.8 Å². The lowest BCUT2D eigenvalue weighted by atomic mass is 9.52. The number of hydrogen-bond acceptors (Lipinski definition) is 4. The first-order valence-corrected chi connectivity index (χ1v) is 12.2. The third kappa shape index (κ3) is 3.06. The van der Waals surface area contributed by atoms with Gasteiger partial charge in [-0.15, -0.1) is 0 Å². The molecule has 1 aliphatic heterocycles. The highest BCUT2D eigenvalue weighted by Crippen LogP contribution is 2.58. The molecule has 0 aromatic carbocycles. The normalized spacial score (nSPS) is 37.0. The maximum absolute atomic E-state index is 13.4. The minimum atomic E-state index is -0.817. The van der Waals surface area contributed by atoms with Crippen LogP contribution in [0.1, 0.15) is 77.0 Å². The second-order valence-electron chi connectivity index (χ2n) is 10.9. The van der Waals surface area contributed by atoms with E-state index in [4.69, 9.17) is 0 Å². The summed E-state index contributed by atoms with van der Waals surface area (Å²) in [6.07, 6.45) is 14.1. The van der Waals surface area contributed by atoms with E-state index in [0.29, 0.717) is 17.8 Å². The smallest absolute Gasteiger partial charge is 0.312 e. The predicted molar refractivity (Wildman–Crippen MR) is 111 cm³/mol. The highest BCUT2D eigenvalue weighted by atomic mass is 16.2. The highest BCUT2D eigenvalue weighted by molar-refractivity contribution is 6.45. The Kier molecular flexibility index (Phi) is 4.35. The van der Waals surface area contributed by atoms with E-state index in [0.717, 1.165) is 68.4 Å². The van der Waals surface area contributed by atoms with Crippen LogP contribution in [-0.4, -0.2) is 56.6 Å². The fraction of sp³-hybridized carbons (Fsp3) is 0.750. The first-order valence-electron chi connectivity index (χ1n) is 12.2. The fourth-order valence-electron chi connectivity index (χ4n) is 7.58. The van der Waals surface area contributed by atoms with Crippen LogP contribution in [0.5, 0.6) is 0 Å². The Morgan fingerprint density at radius 2 is 1.61 bits per heavy atom. The Hall–Kier alpha value is -2.18. The van der Waals surface area contributed by atoms with E-state index < -0.39 is 23.4 Å². The van der Waals surface area contributed by atoms with Crippen molar-refractivity contribution in [2.45, 2.75) is 88.6 Å². The number of rotatable bonds is 5. The van der Waals surface area contributed by atoms with Gasteiger partial charge in [-0.2, -0.15) is 0 Å². The van der Waals surface area contributed by atoms with Crippen molar-refractivity contribution in [3.8, 4) is 0 Å². The molecule has 7 heteroatoms. The molecule has 0 unspecified atom stereocenters. The molecule has 166 valence electrons. The minimum Gasteiger partial charge on any atom is -0.312 e. The van der Waals surface area contributed by atoms with Crippen LogP contribution in [0.4, 0.5) is 4.79 Å². The molecule has 6 fully saturated rings. The average Bonchev–Trinajstić information content (AvgIpc) is 3.53. The molecular weight excluding hydrogens is 394 g/mol. The summed E-state index contributed by atoms with van der Waals surface area (Å²) in [5, 5.41) is 0. The summed E-state index contributed by atoms with van der Waals surface area (Å²) in [6.45, 7) is -0.319. The maximum atomic E-state index is 13.4. The van der Waals surface area contributed by atoms with Crippen LogP contribution in [0.15, 0.2) is 11.8 Å². The summed E-state index contributed by atoms with van der Waals surface area (Å²) < 4.78 is 0. The topological polar surface area (TPSA) is 78.0 Å². The fourth-order valence-corrected chi connectivity index (χ4v) is 7.58. The molecule has 6 aliphatic carbocycles. The average molecular weight is 426 g/mol. The van der Waals surface area contributed by atoms with E-state index in [-0.39, 0.29) is 18.5 Å². The lowest BCUT2D eigenvalue weighted by molar-refractivity contribution is -0.150. The summed E-state index contributed by atoms with van der Waals surface area (Å²) in [7, 11) is 0. The van der Waals surface area contributed by atoms with Crippen LogP contribution in [-0.2, 0) is 14.4 Å². The summed E-state index contributed by atoms with van der Waals surface area (Å²) in [5.41, 5.74) is 0.528. The third-order valence-electron chi connectivity index (χ3n) is 8.58. The molecule has 0 N–H and O–H groups in total. The molecular formula is C24H31N3O4. The number of hydrogen-bond donors (Lipinski definition) is 0. The van der Waals surface area contributed by atoms with Gasteiger partial charge in [0.15, 0.2) is 0 Å². The molecule has 7 nitrogen and oxygen atoms in total. The molecule has 0 aromatic heterocycles. The molecule has 0 spiro atoms. The lowest BCUT2D eigenvalue weighted by Crippen LogP contribution is -2.62. The van der Waals surface area contributed by atoms with Crippen molar-refractivity contribution < 1.29 is 19.2 Å². The molecule has 7 aliphatic rings. The van der Waals surface area contributed by atoms with Gasteiger partial charge >= 0.3 is 17.8 Å². The summed E-state index contributed by atoms with van der Waals surface area (Å²) in [6, 6.07) is -0.377. The molecule has 5 saturated carbocycles. The number of carbonyl (C=O) groups excluding carboxylic acids is 4. The van der Waals surface area contributed by atoms with Gasteiger partial charge in [0.05, 0.1) is 5.54 Å². The van der Waals surface area contributed by atoms with Crippen molar-refractivity contribution in [1.82, 2.24) is 14.7 Å². The molecule has 0 aromatic rings. The van der Waals surface area contributed by atoms with E-state index in [9.17, 15) is 19.2 Å². The van der Waals surface area contributed by atoms with Gasteiger partial charge in [0.1, 0.15) is 6.54 Å². The quantitative estimate of drug-likeness (QED) is 0.501. The van der Waals surface area contributed by atoms with E-state index in [1.807, 2.05) is 4.90 Å². The van der Waals surface area contributed by atoms with Crippen molar-refractivity contribution in [3.63, 3.8) is 0 Å². The lowest BCUT2D eigenvalue weighted by Gasteiger charge is -2.58. The van der Waals surface area contributed by atoms with Gasteiger partial charge in [-0.3, -0.25) is 14.4 Å². The summed E-state index contributed by atoms with van der Waals surface area (Å²) in [5.74, 6) is -0.0849. The van der Waals surface area contributed by atoms with Crippen LogP contribution in [0.25, 0.3) is 0 Å². The molecule has 7 rings (SSSR count). The van der Waals surface area contributed by atoms with Crippen molar-refractivity contribution in [2.24, 2.45) is 17.8 Å². The zero-order valence-electron chi connectivity index (χ0n) is 18.1. The zero-order valence-corrected chi connectivity index (χ0v) is 18.1. The number of amides is 5. The Balaban J connectivity index is 1.23. The van der Waals surface area contributed by atoms with Crippen LogP contribution in [0, 0.1) is 17.8 Å². The van der Waals surface area contributed by atoms with Crippen molar-refractivity contribution in [1.29, 1.82) is 0 Å². The molecule has 1 heterocycles. The number of urea groups is 1. The number of nitrogens with zero attached hydrogens (tertiary/aromatic N) is 3. The van der Waals surface area contributed by atoms with E-state index in [2.05, 4.69) is 6.08 Å². The van der Waals surface area contributed by atoms with Gasteiger partial charge in [0.25, 0.3) is 0 Å². The highest BCUT2D eigenvalue weighted by Gasteiger charge is 2.61. The maximum Gasteiger partial charge on any atom is 0.335 e. The third-order valence-corrected chi connectivity index (χ3v) is 8.58. The first-order chi connectivity index (χ1) is 14.9. The predicted octanol–water partition coefficient (Wildman–Crippen LogP) is 3.19. The summed E-state index contributed by atoms with van der Waals surface area (Å²) in [4.78, 5) is 56.6.